The predicted octanol–water partition coefficient (Wildman–Crippen LogP) is 12.8. The Morgan fingerprint density at radius 1 is 0.531 bits per heavy atom. The van der Waals surface area contributed by atoms with Gasteiger partial charge in [-0.1, -0.05) is 123 Å². The molecule has 2 nitrogen and oxygen atoms in total. The third kappa shape index (κ3) is 3.79. The maximum Gasteiger partial charge on any atom is 0.156 e. The molecular formula is C46H30N2S. The first-order chi connectivity index (χ1) is 24.0. The number of hydrogen-bond acceptors (Lipinski definition) is 2. The van der Waals surface area contributed by atoms with Crippen LogP contribution in [0.2, 0.25) is 0 Å². The number of thiophene rings is 1. The summed E-state index contributed by atoms with van der Waals surface area (Å²) < 4.78 is 4.91. The summed E-state index contributed by atoms with van der Waals surface area (Å²) in [5.41, 5.74) is 13.5. The molecule has 3 aromatic heterocycles. The Morgan fingerprint density at radius 3 is 1.96 bits per heavy atom. The summed E-state index contributed by atoms with van der Waals surface area (Å²) >= 11 is 1.85. The van der Waals surface area contributed by atoms with Crippen molar-refractivity contribution in [1.82, 2.24) is 9.38 Å². The minimum Gasteiger partial charge on any atom is -0.291 e. The highest BCUT2D eigenvalue weighted by Crippen LogP contribution is 2.49. The van der Waals surface area contributed by atoms with Crippen LogP contribution >= 0.6 is 11.3 Å². The number of benzene rings is 7. The molecule has 10 aromatic rings. The molecule has 3 heteroatoms. The number of aromatic nitrogens is 2. The normalized spacial score (nSPS) is 13.7. The minimum absolute atomic E-state index is 0.00927. The highest BCUT2D eigenvalue weighted by molar-refractivity contribution is 7.26. The zero-order valence-electron chi connectivity index (χ0n) is 27.2. The molecule has 3 heterocycles. The van der Waals surface area contributed by atoms with E-state index in [4.69, 9.17) is 4.98 Å². The van der Waals surface area contributed by atoms with Crippen molar-refractivity contribution in [2.45, 2.75) is 19.3 Å². The van der Waals surface area contributed by atoms with E-state index in [1.54, 1.807) is 0 Å². The molecule has 0 atom stereocenters. The van der Waals surface area contributed by atoms with Crippen LogP contribution in [-0.2, 0) is 5.41 Å². The zero-order chi connectivity index (χ0) is 32.4. The van der Waals surface area contributed by atoms with Gasteiger partial charge in [-0.2, -0.15) is 0 Å². The molecule has 0 spiro atoms. The number of pyridine rings is 1. The smallest absolute Gasteiger partial charge is 0.156 e. The van der Waals surface area contributed by atoms with Crippen molar-refractivity contribution in [1.29, 1.82) is 0 Å². The molecule has 1 aliphatic rings. The first-order valence-electron chi connectivity index (χ1n) is 17.0. The highest BCUT2D eigenvalue weighted by Gasteiger charge is 2.35. The van der Waals surface area contributed by atoms with E-state index in [0.717, 1.165) is 22.4 Å². The van der Waals surface area contributed by atoms with Crippen LogP contribution in [0.15, 0.2) is 146 Å². The number of imidazole rings is 1. The zero-order valence-corrected chi connectivity index (χ0v) is 28.0. The summed E-state index contributed by atoms with van der Waals surface area (Å²) in [7, 11) is 0. The first kappa shape index (κ1) is 27.2. The van der Waals surface area contributed by atoms with Crippen molar-refractivity contribution in [3.63, 3.8) is 0 Å². The largest absolute Gasteiger partial charge is 0.291 e. The lowest BCUT2D eigenvalue weighted by molar-refractivity contribution is 0.660. The lowest BCUT2D eigenvalue weighted by atomic mass is 9.82. The molecule has 0 radical (unpaired) electrons. The lowest BCUT2D eigenvalue weighted by Crippen LogP contribution is -2.14. The van der Waals surface area contributed by atoms with E-state index in [1.165, 1.54) is 80.7 Å². The van der Waals surface area contributed by atoms with Crippen molar-refractivity contribution in [3.8, 4) is 33.5 Å². The van der Waals surface area contributed by atoms with Gasteiger partial charge in [0.05, 0.1) is 21.4 Å². The van der Waals surface area contributed by atoms with Crippen LogP contribution in [0.25, 0.3) is 91.9 Å². The predicted molar refractivity (Wildman–Crippen MR) is 209 cm³/mol. The van der Waals surface area contributed by atoms with Crippen molar-refractivity contribution < 1.29 is 0 Å². The van der Waals surface area contributed by atoms with E-state index in [1.807, 2.05) is 11.3 Å². The van der Waals surface area contributed by atoms with Crippen molar-refractivity contribution >= 4 is 69.7 Å². The van der Waals surface area contributed by atoms with Gasteiger partial charge in [-0.25, -0.2) is 4.98 Å². The fourth-order valence-electron chi connectivity index (χ4n) is 8.42. The summed E-state index contributed by atoms with van der Waals surface area (Å²) in [5, 5.41) is 7.52. The van der Waals surface area contributed by atoms with Gasteiger partial charge in [0.2, 0.25) is 0 Å². The quantitative estimate of drug-likeness (QED) is 0.183. The maximum atomic E-state index is 5.35. The molecule has 230 valence electrons. The maximum absolute atomic E-state index is 5.35. The second kappa shape index (κ2) is 9.65. The van der Waals surface area contributed by atoms with Crippen molar-refractivity contribution in [2.75, 3.05) is 0 Å². The summed E-state index contributed by atoms with van der Waals surface area (Å²) in [5.74, 6) is 0. The van der Waals surface area contributed by atoms with Gasteiger partial charge >= 0.3 is 0 Å². The summed E-state index contributed by atoms with van der Waals surface area (Å²) in [6.07, 6.45) is 0. The third-order valence-electron chi connectivity index (χ3n) is 10.9. The molecule has 0 N–H and O–H groups in total. The van der Waals surface area contributed by atoms with Crippen LogP contribution in [0.5, 0.6) is 0 Å². The molecule has 0 unspecified atom stereocenters. The van der Waals surface area contributed by atoms with E-state index >= 15 is 0 Å². The van der Waals surface area contributed by atoms with Crippen LogP contribution in [0.1, 0.15) is 25.0 Å². The molecule has 49 heavy (non-hydrogen) atoms. The Bertz CT molecular complexity index is 3010. The molecule has 11 rings (SSSR count). The van der Waals surface area contributed by atoms with Crippen LogP contribution < -0.4 is 0 Å². The Hall–Kier alpha value is -5.77. The van der Waals surface area contributed by atoms with E-state index in [2.05, 4.69) is 164 Å². The summed E-state index contributed by atoms with van der Waals surface area (Å²) in [6, 6.07) is 53.9. The van der Waals surface area contributed by atoms with Gasteiger partial charge in [0.1, 0.15) is 0 Å². The van der Waals surface area contributed by atoms with E-state index in [9.17, 15) is 0 Å². The van der Waals surface area contributed by atoms with Gasteiger partial charge in [0.25, 0.3) is 0 Å². The second-order valence-corrected chi connectivity index (χ2v) is 15.1. The molecular weight excluding hydrogens is 613 g/mol. The second-order valence-electron chi connectivity index (χ2n) is 14.0. The highest BCUT2D eigenvalue weighted by atomic mass is 32.1. The van der Waals surface area contributed by atoms with Crippen molar-refractivity contribution in [2.24, 2.45) is 0 Å². The van der Waals surface area contributed by atoms with E-state index in [-0.39, 0.29) is 5.41 Å². The summed E-state index contributed by atoms with van der Waals surface area (Å²) in [4.78, 5) is 5.35. The van der Waals surface area contributed by atoms with Gasteiger partial charge in [-0.05, 0) is 96.9 Å². The molecule has 1 aliphatic carbocycles. The molecule has 0 saturated heterocycles. The lowest BCUT2D eigenvalue weighted by Gasteiger charge is -2.21. The Morgan fingerprint density at radius 2 is 1.16 bits per heavy atom. The van der Waals surface area contributed by atoms with Crippen LogP contribution in [0.3, 0.4) is 0 Å². The number of hydrogen-bond donors (Lipinski definition) is 0. The average molecular weight is 643 g/mol. The van der Waals surface area contributed by atoms with Crippen LogP contribution in [0.4, 0.5) is 0 Å². The molecule has 0 amide bonds. The fraction of sp³-hybridized carbons (Fsp3) is 0.0652. The number of nitrogens with zero attached hydrogens (tertiary/aromatic N) is 2. The Kier molecular flexibility index (Phi) is 5.36. The number of rotatable bonds is 2. The monoisotopic (exact) mass is 642 g/mol. The third-order valence-corrected chi connectivity index (χ3v) is 12.1. The summed E-state index contributed by atoms with van der Waals surface area (Å²) in [6.45, 7) is 4.68. The van der Waals surface area contributed by atoms with E-state index in [0.29, 0.717) is 0 Å². The fourth-order valence-corrected chi connectivity index (χ4v) is 9.61. The van der Waals surface area contributed by atoms with E-state index < -0.39 is 0 Å². The Balaban J connectivity index is 1.14. The minimum atomic E-state index is 0.00927. The molecule has 7 aromatic carbocycles. The van der Waals surface area contributed by atoms with Gasteiger partial charge in [-0.15, -0.1) is 11.3 Å². The van der Waals surface area contributed by atoms with Crippen molar-refractivity contribution in [3.05, 3.63) is 157 Å². The van der Waals surface area contributed by atoms with Crippen LogP contribution in [0, 0.1) is 0 Å². The average Bonchev–Trinajstić information content (AvgIpc) is 3.76. The van der Waals surface area contributed by atoms with Gasteiger partial charge in [0.15, 0.2) is 5.65 Å². The number of fused-ring (bicyclic) bond motifs is 12. The van der Waals surface area contributed by atoms with Crippen LogP contribution in [-0.4, -0.2) is 9.38 Å². The SMILES string of the molecule is CC1(C)c2ccccc2-c2cc(-c3ccc(-c4cc5c6cc7ccccc7cc6sc5c5nc6cc7ccccc7cc6n45)cc3)ccc21. The molecule has 0 fully saturated rings. The standard InChI is InChI=1S/C46H30N2S/c1-46(2)38-14-8-7-13-34(38)35-21-33(19-20-39(35)46)27-15-17-28(18-16-27)41-26-37-36-22-29-9-3-6-12-32(29)25-43(36)49-44(37)45-47-40-23-30-10-4-5-11-31(30)24-42(40)48(41)45/h3-26H,1-2H3. The molecule has 0 bridgehead atoms. The Labute approximate surface area is 287 Å². The topological polar surface area (TPSA) is 17.3 Å². The first-order valence-corrected chi connectivity index (χ1v) is 17.8. The van der Waals surface area contributed by atoms with Gasteiger partial charge in [-0.3, -0.25) is 4.40 Å². The van der Waals surface area contributed by atoms with Gasteiger partial charge < -0.3 is 0 Å². The van der Waals surface area contributed by atoms with Gasteiger partial charge in [0, 0.05) is 20.9 Å². The molecule has 0 aliphatic heterocycles. The molecule has 0 saturated carbocycles.